The van der Waals surface area contributed by atoms with Crippen LogP contribution >= 0.6 is 23.2 Å². The minimum absolute atomic E-state index is 0.247. The number of hydrogen-bond acceptors (Lipinski definition) is 3. The minimum Gasteiger partial charge on any atom is -0.481 e. The van der Waals surface area contributed by atoms with Crippen LogP contribution in [0.4, 0.5) is 0 Å². The number of hydrogen-bond donors (Lipinski definition) is 2. The van der Waals surface area contributed by atoms with Crippen molar-refractivity contribution in [3.8, 4) is 5.75 Å². The summed E-state index contributed by atoms with van der Waals surface area (Å²) >= 11 is 11.8. The van der Waals surface area contributed by atoms with E-state index in [0.29, 0.717) is 16.6 Å². The van der Waals surface area contributed by atoms with Gasteiger partial charge in [0.2, 0.25) is 5.91 Å². The Hall–Kier alpha value is -1.46. The lowest BCUT2D eigenvalue weighted by Gasteiger charge is -2.14. The van der Waals surface area contributed by atoms with Gasteiger partial charge in [-0.15, -0.1) is 0 Å². The average Bonchev–Trinajstić information content (AvgIpc) is 2.38. The van der Waals surface area contributed by atoms with Crippen molar-refractivity contribution in [2.75, 3.05) is 13.2 Å². The predicted molar refractivity (Wildman–Crippen MR) is 78.2 cm³/mol. The molecular formula is C13H16Cl2N2O3. The van der Waals surface area contributed by atoms with Crippen molar-refractivity contribution in [3.63, 3.8) is 0 Å². The van der Waals surface area contributed by atoms with Gasteiger partial charge < -0.3 is 15.4 Å². The Morgan fingerprint density at radius 3 is 2.45 bits per heavy atom. The molecule has 20 heavy (non-hydrogen) atoms. The van der Waals surface area contributed by atoms with E-state index < -0.39 is 11.9 Å². The summed E-state index contributed by atoms with van der Waals surface area (Å²) in [5.74, 6) is -0.437. The smallest absolute Gasteiger partial charge is 0.258 e. The minimum atomic E-state index is -0.632. The van der Waals surface area contributed by atoms with E-state index in [1.807, 2.05) is 0 Å². The molecule has 1 aromatic carbocycles. The molecule has 0 unspecified atom stereocenters. The van der Waals surface area contributed by atoms with Crippen LogP contribution in [0.5, 0.6) is 5.75 Å². The lowest BCUT2D eigenvalue weighted by Crippen LogP contribution is -2.46. The second-order valence-corrected chi connectivity index (χ2v) is 4.84. The van der Waals surface area contributed by atoms with Gasteiger partial charge in [0, 0.05) is 6.54 Å². The van der Waals surface area contributed by atoms with E-state index in [2.05, 4.69) is 10.6 Å². The summed E-state index contributed by atoms with van der Waals surface area (Å²) in [6.07, 6.45) is 0. The van der Waals surface area contributed by atoms with E-state index in [9.17, 15) is 9.59 Å². The molecule has 0 aliphatic rings. The Bertz CT molecular complexity index is 474. The van der Waals surface area contributed by atoms with Crippen molar-refractivity contribution >= 4 is 35.0 Å². The fourth-order valence-corrected chi connectivity index (χ4v) is 1.94. The third-order valence-corrected chi connectivity index (χ3v) is 2.98. The zero-order valence-electron chi connectivity index (χ0n) is 11.2. The first-order chi connectivity index (χ1) is 9.45. The standard InChI is InChI=1S/C13H16Cl2N2O3/c1-3-16-13(19)8(2)17-11(18)7-20-12-9(14)5-4-6-10(12)15/h4-6,8H,3,7H2,1-2H3,(H,16,19)(H,17,18)/t8-/m0/s1. The molecule has 1 aromatic rings. The van der Waals surface area contributed by atoms with Crippen LogP contribution in [0, 0.1) is 0 Å². The van der Waals surface area contributed by atoms with Gasteiger partial charge in [-0.2, -0.15) is 0 Å². The molecule has 0 aliphatic carbocycles. The maximum absolute atomic E-state index is 11.7. The van der Waals surface area contributed by atoms with Gasteiger partial charge in [-0.05, 0) is 26.0 Å². The number of amides is 2. The first-order valence-corrected chi connectivity index (χ1v) is 6.85. The zero-order chi connectivity index (χ0) is 15.1. The SMILES string of the molecule is CCNC(=O)[C@H](C)NC(=O)COc1c(Cl)cccc1Cl. The summed E-state index contributed by atoms with van der Waals surface area (Å²) < 4.78 is 5.26. The van der Waals surface area contributed by atoms with Gasteiger partial charge in [-0.3, -0.25) is 9.59 Å². The molecule has 0 bridgehead atoms. The van der Waals surface area contributed by atoms with Gasteiger partial charge in [-0.1, -0.05) is 29.3 Å². The van der Waals surface area contributed by atoms with Crippen molar-refractivity contribution in [3.05, 3.63) is 28.2 Å². The topological polar surface area (TPSA) is 67.4 Å². The van der Waals surface area contributed by atoms with E-state index in [4.69, 9.17) is 27.9 Å². The highest BCUT2D eigenvalue weighted by atomic mass is 35.5. The second kappa shape index (κ2) is 7.97. The highest BCUT2D eigenvalue weighted by molar-refractivity contribution is 6.37. The number of benzene rings is 1. The third-order valence-electron chi connectivity index (χ3n) is 2.39. The van der Waals surface area contributed by atoms with Gasteiger partial charge in [0.15, 0.2) is 12.4 Å². The Labute approximate surface area is 127 Å². The predicted octanol–water partition coefficient (Wildman–Crippen LogP) is 2.01. The van der Waals surface area contributed by atoms with Gasteiger partial charge in [0.25, 0.3) is 5.91 Å². The van der Waals surface area contributed by atoms with Crippen molar-refractivity contribution < 1.29 is 14.3 Å². The molecule has 0 heterocycles. The third kappa shape index (κ3) is 4.90. The van der Waals surface area contributed by atoms with Crippen LogP contribution in [0.1, 0.15) is 13.8 Å². The molecule has 0 saturated carbocycles. The van der Waals surface area contributed by atoms with Crippen LogP contribution in [0.3, 0.4) is 0 Å². The fraction of sp³-hybridized carbons (Fsp3) is 0.385. The zero-order valence-corrected chi connectivity index (χ0v) is 12.7. The molecule has 0 aromatic heterocycles. The van der Waals surface area contributed by atoms with Gasteiger partial charge in [0.05, 0.1) is 10.0 Å². The lowest BCUT2D eigenvalue weighted by atomic mass is 10.3. The first-order valence-electron chi connectivity index (χ1n) is 6.09. The Morgan fingerprint density at radius 1 is 1.30 bits per heavy atom. The molecule has 0 radical (unpaired) electrons. The molecule has 2 amide bonds. The van der Waals surface area contributed by atoms with Crippen molar-refractivity contribution in [1.29, 1.82) is 0 Å². The second-order valence-electron chi connectivity index (χ2n) is 4.02. The number of likely N-dealkylation sites (N-methyl/N-ethyl adjacent to an activating group) is 1. The average molecular weight is 319 g/mol. The number of carbonyl (C=O) groups is 2. The van der Waals surface area contributed by atoms with Crippen molar-refractivity contribution in [2.45, 2.75) is 19.9 Å². The molecule has 110 valence electrons. The highest BCUT2D eigenvalue weighted by Crippen LogP contribution is 2.32. The number of rotatable bonds is 6. The molecule has 7 heteroatoms. The van der Waals surface area contributed by atoms with Gasteiger partial charge >= 0.3 is 0 Å². The monoisotopic (exact) mass is 318 g/mol. The molecule has 0 aliphatic heterocycles. The van der Waals surface area contributed by atoms with E-state index in [1.54, 1.807) is 32.0 Å². The fourth-order valence-electron chi connectivity index (χ4n) is 1.43. The largest absolute Gasteiger partial charge is 0.481 e. The van der Waals surface area contributed by atoms with Gasteiger partial charge in [-0.25, -0.2) is 0 Å². The number of ether oxygens (including phenoxy) is 1. The summed E-state index contributed by atoms with van der Waals surface area (Å²) in [7, 11) is 0. The number of nitrogens with one attached hydrogen (secondary N) is 2. The highest BCUT2D eigenvalue weighted by Gasteiger charge is 2.15. The summed E-state index contributed by atoms with van der Waals surface area (Å²) in [6, 6.07) is 4.26. The van der Waals surface area contributed by atoms with E-state index >= 15 is 0 Å². The molecule has 1 atom stereocenters. The summed E-state index contributed by atoms with van der Waals surface area (Å²) in [6.45, 7) is 3.62. The maximum atomic E-state index is 11.7. The number of halogens is 2. The van der Waals surface area contributed by atoms with E-state index in [0.717, 1.165) is 0 Å². The number of carbonyl (C=O) groups excluding carboxylic acids is 2. The van der Waals surface area contributed by atoms with Crippen LogP contribution < -0.4 is 15.4 Å². The van der Waals surface area contributed by atoms with Crippen LogP contribution in [-0.2, 0) is 9.59 Å². The Balaban J connectivity index is 2.50. The number of para-hydroxylation sites is 1. The molecule has 1 rings (SSSR count). The van der Waals surface area contributed by atoms with Crippen LogP contribution in [0.15, 0.2) is 18.2 Å². The maximum Gasteiger partial charge on any atom is 0.258 e. The normalized spacial score (nSPS) is 11.6. The molecule has 0 spiro atoms. The Morgan fingerprint density at radius 2 is 1.90 bits per heavy atom. The van der Waals surface area contributed by atoms with E-state index in [1.165, 1.54) is 0 Å². The van der Waals surface area contributed by atoms with Gasteiger partial charge in [0.1, 0.15) is 6.04 Å². The summed E-state index contributed by atoms with van der Waals surface area (Å²) in [5.41, 5.74) is 0. The lowest BCUT2D eigenvalue weighted by molar-refractivity contribution is -0.129. The van der Waals surface area contributed by atoms with E-state index in [-0.39, 0.29) is 18.3 Å². The Kier molecular flexibility index (Phi) is 6.61. The summed E-state index contributed by atoms with van der Waals surface area (Å²) in [4.78, 5) is 23.1. The quantitative estimate of drug-likeness (QED) is 0.843. The van der Waals surface area contributed by atoms with Crippen LogP contribution in [0.2, 0.25) is 10.0 Å². The van der Waals surface area contributed by atoms with Crippen LogP contribution in [-0.4, -0.2) is 31.0 Å². The summed E-state index contributed by atoms with van der Waals surface area (Å²) in [5, 5.41) is 5.76. The molecule has 0 saturated heterocycles. The molecular weight excluding hydrogens is 303 g/mol. The first kappa shape index (κ1) is 16.6. The molecule has 2 N–H and O–H groups in total. The van der Waals surface area contributed by atoms with Crippen LogP contribution in [0.25, 0.3) is 0 Å². The van der Waals surface area contributed by atoms with Crippen molar-refractivity contribution in [2.24, 2.45) is 0 Å². The molecule has 0 fully saturated rings. The molecule has 5 nitrogen and oxygen atoms in total. The van der Waals surface area contributed by atoms with Crippen molar-refractivity contribution in [1.82, 2.24) is 10.6 Å².